The molecule has 0 aliphatic heterocycles. The highest BCUT2D eigenvalue weighted by Crippen LogP contribution is 2.09. The summed E-state index contributed by atoms with van der Waals surface area (Å²) in [5.74, 6) is -4.31. The first kappa shape index (κ1) is 22.2. The molecule has 0 heterocycles. The summed E-state index contributed by atoms with van der Waals surface area (Å²) in [6.45, 7) is 3.18. The molecule has 0 fully saturated rings. The monoisotopic (exact) mass is 364 g/mol. The second-order valence-electron chi connectivity index (χ2n) is 5.58. The van der Waals surface area contributed by atoms with Crippen molar-refractivity contribution in [2.75, 3.05) is 5.75 Å². The summed E-state index contributed by atoms with van der Waals surface area (Å²) in [7, 11) is 0. The topological polar surface area (TPSA) is 156 Å². The van der Waals surface area contributed by atoms with E-state index in [1.165, 1.54) is 0 Å². The first-order valence-corrected chi connectivity index (χ1v) is 8.05. The van der Waals surface area contributed by atoms with Crippen molar-refractivity contribution >= 4 is 36.4 Å². The van der Waals surface area contributed by atoms with Gasteiger partial charge in [-0.1, -0.05) is 13.8 Å². The highest BCUT2D eigenvalue weighted by atomic mass is 32.1. The number of carbonyl (C=O) groups excluding carboxylic acids is 2. The van der Waals surface area contributed by atoms with E-state index in [-0.39, 0.29) is 25.0 Å². The van der Waals surface area contributed by atoms with Gasteiger partial charge in [0.2, 0.25) is 12.0 Å². The normalized spacial score (nSPS) is 14.5. The molecule has 138 valence electrons. The molecule has 3 unspecified atom stereocenters. The van der Waals surface area contributed by atoms with Gasteiger partial charge in [0.25, 0.3) is 0 Å². The zero-order chi connectivity index (χ0) is 18.9. The summed E-state index contributed by atoms with van der Waals surface area (Å²) < 4.78 is 4.90. The van der Waals surface area contributed by atoms with Crippen LogP contribution in [0.1, 0.15) is 33.1 Å². The largest absolute Gasteiger partial charge is 0.480 e. The molecule has 10 heteroatoms. The number of hydrogen-bond acceptors (Lipinski definition) is 7. The molecule has 0 aliphatic carbocycles. The Morgan fingerprint density at radius 1 is 1.17 bits per heavy atom. The lowest BCUT2D eigenvalue weighted by Crippen LogP contribution is -2.46. The highest BCUT2D eigenvalue weighted by Gasteiger charge is 2.30. The second-order valence-corrected chi connectivity index (χ2v) is 5.94. The number of carboxylic acid groups (broad SMARTS) is 2. The molecule has 0 radical (unpaired) electrons. The molecule has 0 aromatic rings. The van der Waals surface area contributed by atoms with E-state index < -0.39 is 47.9 Å². The van der Waals surface area contributed by atoms with Crippen molar-refractivity contribution in [2.24, 2.45) is 11.7 Å². The molecule has 0 aliphatic rings. The molecule has 0 saturated carbocycles. The molecule has 24 heavy (non-hydrogen) atoms. The summed E-state index contributed by atoms with van der Waals surface area (Å²) in [5, 5.41) is 20.0. The zero-order valence-electron chi connectivity index (χ0n) is 13.6. The second kappa shape index (κ2) is 10.9. The molecule has 0 spiro atoms. The van der Waals surface area contributed by atoms with Crippen LogP contribution in [0.15, 0.2) is 0 Å². The Morgan fingerprint density at radius 3 is 2.17 bits per heavy atom. The summed E-state index contributed by atoms with van der Waals surface area (Å²) in [4.78, 5) is 45.3. The molecule has 1 amide bonds. The molecule has 0 saturated heterocycles. The molecule has 0 rings (SSSR count). The average molecular weight is 364 g/mol. The third-order valence-electron chi connectivity index (χ3n) is 3.13. The van der Waals surface area contributed by atoms with Crippen LogP contribution in [0, 0.1) is 5.92 Å². The van der Waals surface area contributed by atoms with Crippen molar-refractivity contribution in [3.63, 3.8) is 0 Å². The number of aliphatic carboxylic acids is 2. The minimum Gasteiger partial charge on any atom is -0.480 e. The van der Waals surface area contributed by atoms with Crippen LogP contribution in [0.5, 0.6) is 0 Å². The number of hydrogen-bond donors (Lipinski definition) is 5. The lowest BCUT2D eigenvalue weighted by molar-refractivity contribution is -0.168. The van der Waals surface area contributed by atoms with E-state index in [1.807, 2.05) is 0 Å². The van der Waals surface area contributed by atoms with E-state index in [4.69, 9.17) is 20.7 Å². The van der Waals surface area contributed by atoms with Gasteiger partial charge in [-0.25, -0.2) is 9.59 Å². The third kappa shape index (κ3) is 8.16. The summed E-state index contributed by atoms with van der Waals surface area (Å²) in [6.07, 6.45) is -0.985. The summed E-state index contributed by atoms with van der Waals surface area (Å²) in [6, 6.07) is -2.14. The molecule has 0 aromatic heterocycles. The van der Waals surface area contributed by atoms with Crippen molar-refractivity contribution in [3.8, 4) is 0 Å². The maximum atomic E-state index is 12.0. The van der Waals surface area contributed by atoms with Crippen LogP contribution in [0.4, 0.5) is 0 Å². The maximum Gasteiger partial charge on any atom is 0.345 e. The van der Waals surface area contributed by atoms with Crippen LogP contribution >= 0.6 is 12.6 Å². The average Bonchev–Trinajstić information content (AvgIpc) is 2.48. The van der Waals surface area contributed by atoms with Crippen molar-refractivity contribution < 1.29 is 34.1 Å². The fraction of sp³-hybridized carbons (Fsp3) is 0.714. The zero-order valence-corrected chi connectivity index (χ0v) is 14.5. The molecule has 3 atom stereocenters. The standard InChI is InChI=1S/C14H24N2O7S/c1-7(2)11(13(20)21)23-14(22)9(6-24)16-10(17)5-3-4-8(15)12(18)19/h7-9,11,24H,3-6,15H2,1-2H3,(H,16,17)(H,18,19)(H,20,21). The molecule has 0 aromatic carbocycles. The Hall–Kier alpha value is -1.81. The van der Waals surface area contributed by atoms with Crippen LogP contribution in [0.3, 0.4) is 0 Å². The highest BCUT2D eigenvalue weighted by molar-refractivity contribution is 7.80. The third-order valence-corrected chi connectivity index (χ3v) is 3.50. The van der Waals surface area contributed by atoms with E-state index in [2.05, 4.69) is 17.9 Å². The van der Waals surface area contributed by atoms with Crippen molar-refractivity contribution in [3.05, 3.63) is 0 Å². The van der Waals surface area contributed by atoms with Crippen LogP contribution in [-0.2, 0) is 23.9 Å². The predicted molar refractivity (Wildman–Crippen MR) is 87.6 cm³/mol. The van der Waals surface area contributed by atoms with E-state index in [1.54, 1.807) is 13.8 Å². The van der Waals surface area contributed by atoms with E-state index in [0.717, 1.165) is 0 Å². The number of rotatable bonds is 11. The Morgan fingerprint density at radius 2 is 1.75 bits per heavy atom. The fourth-order valence-corrected chi connectivity index (χ4v) is 1.97. The number of nitrogens with two attached hydrogens (primary N) is 1. The fourth-order valence-electron chi connectivity index (χ4n) is 1.73. The van der Waals surface area contributed by atoms with Crippen molar-refractivity contribution in [2.45, 2.75) is 51.3 Å². The Balaban J connectivity index is 4.47. The number of amides is 1. The molecular formula is C14H24N2O7S. The molecule has 9 nitrogen and oxygen atoms in total. The van der Waals surface area contributed by atoms with Gasteiger partial charge in [0.1, 0.15) is 12.1 Å². The number of esters is 1. The van der Waals surface area contributed by atoms with E-state index in [9.17, 15) is 19.2 Å². The van der Waals surface area contributed by atoms with Gasteiger partial charge in [-0.2, -0.15) is 12.6 Å². The Bertz CT molecular complexity index is 470. The van der Waals surface area contributed by atoms with Gasteiger partial charge in [-0.3, -0.25) is 9.59 Å². The SMILES string of the molecule is CC(C)C(OC(=O)C(CS)NC(=O)CCCC(N)C(=O)O)C(=O)O. The number of nitrogens with one attached hydrogen (secondary N) is 1. The van der Waals surface area contributed by atoms with Crippen LogP contribution in [0.25, 0.3) is 0 Å². The molecule has 0 bridgehead atoms. The summed E-state index contributed by atoms with van der Waals surface area (Å²) in [5.41, 5.74) is 5.32. The first-order valence-electron chi connectivity index (χ1n) is 7.42. The van der Waals surface area contributed by atoms with Gasteiger partial charge < -0.3 is 26.0 Å². The van der Waals surface area contributed by atoms with Gasteiger partial charge in [0, 0.05) is 18.1 Å². The number of ether oxygens (including phenoxy) is 1. The van der Waals surface area contributed by atoms with Crippen LogP contribution in [0.2, 0.25) is 0 Å². The van der Waals surface area contributed by atoms with Crippen LogP contribution in [-0.4, -0.2) is 58.0 Å². The van der Waals surface area contributed by atoms with E-state index in [0.29, 0.717) is 0 Å². The maximum absolute atomic E-state index is 12.0. The minimum absolute atomic E-state index is 0.0227. The lowest BCUT2D eigenvalue weighted by atomic mass is 10.1. The van der Waals surface area contributed by atoms with Gasteiger partial charge in [-0.05, 0) is 12.8 Å². The van der Waals surface area contributed by atoms with Gasteiger partial charge >= 0.3 is 17.9 Å². The molecular weight excluding hydrogens is 340 g/mol. The Kier molecular flexibility index (Phi) is 10.0. The lowest BCUT2D eigenvalue weighted by Gasteiger charge is -2.21. The summed E-state index contributed by atoms with van der Waals surface area (Å²) >= 11 is 3.95. The number of thiol groups is 1. The van der Waals surface area contributed by atoms with Gasteiger partial charge in [-0.15, -0.1) is 0 Å². The minimum atomic E-state index is -1.31. The predicted octanol–water partition coefficient (Wildman–Crippen LogP) is -0.364. The Labute approximate surface area is 145 Å². The van der Waals surface area contributed by atoms with Crippen molar-refractivity contribution in [1.29, 1.82) is 0 Å². The molecule has 5 N–H and O–H groups in total. The smallest absolute Gasteiger partial charge is 0.345 e. The quantitative estimate of drug-likeness (QED) is 0.246. The van der Waals surface area contributed by atoms with Crippen molar-refractivity contribution in [1.82, 2.24) is 5.32 Å². The van der Waals surface area contributed by atoms with Crippen LogP contribution < -0.4 is 11.1 Å². The first-order chi connectivity index (χ1) is 11.1. The van der Waals surface area contributed by atoms with Gasteiger partial charge in [0.05, 0.1) is 0 Å². The number of carboxylic acids is 2. The number of carbonyl (C=O) groups is 4. The van der Waals surface area contributed by atoms with Gasteiger partial charge in [0.15, 0.2) is 0 Å². The van der Waals surface area contributed by atoms with E-state index >= 15 is 0 Å².